The number of thiocarbonyl (C=S) groups is 1. The second-order valence-corrected chi connectivity index (χ2v) is 6.93. The van der Waals surface area contributed by atoms with E-state index in [2.05, 4.69) is 15.9 Å². The van der Waals surface area contributed by atoms with Gasteiger partial charge in [-0.2, -0.15) is 4.31 Å². The molecule has 1 aromatic rings. The van der Waals surface area contributed by atoms with E-state index < -0.39 is 10.0 Å². The van der Waals surface area contributed by atoms with Crippen LogP contribution < -0.4 is 5.73 Å². The van der Waals surface area contributed by atoms with E-state index in [1.54, 1.807) is 31.2 Å². The van der Waals surface area contributed by atoms with Gasteiger partial charge in [-0.1, -0.05) is 31.3 Å². The number of rotatable bonds is 6. The minimum atomic E-state index is -3.51. The summed E-state index contributed by atoms with van der Waals surface area (Å²) in [4.78, 5) is 0.575. The predicted octanol–water partition coefficient (Wildman–Crippen LogP) is 2.14. The van der Waals surface area contributed by atoms with Crippen molar-refractivity contribution < 1.29 is 8.42 Å². The van der Waals surface area contributed by atoms with E-state index >= 15 is 0 Å². The summed E-state index contributed by atoms with van der Waals surface area (Å²) in [5, 5.41) is 0. The van der Waals surface area contributed by atoms with Crippen molar-refractivity contribution in [2.24, 2.45) is 5.73 Å². The fourth-order valence-corrected chi connectivity index (χ4v) is 3.98. The van der Waals surface area contributed by atoms with Crippen LogP contribution in [0.2, 0.25) is 0 Å². The molecule has 0 aliphatic heterocycles. The molecule has 0 saturated heterocycles. The Balaban J connectivity index is 3.04. The van der Waals surface area contributed by atoms with E-state index in [-0.39, 0.29) is 4.90 Å². The molecular weight excluding hydrogens is 336 g/mol. The molecule has 0 fully saturated rings. The van der Waals surface area contributed by atoms with Crippen molar-refractivity contribution in [3.8, 4) is 0 Å². The van der Waals surface area contributed by atoms with Gasteiger partial charge < -0.3 is 5.73 Å². The highest BCUT2D eigenvalue weighted by molar-refractivity contribution is 9.10. The molecule has 0 heterocycles. The summed E-state index contributed by atoms with van der Waals surface area (Å²) in [6.07, 6.45) is 0.382. The molecule has 0 radical (unpaired) electrons. The number of sulfonamides is 1. The lowest BCUT2D eigenvalue weighted by Crippen LogP contribution is -2.33. The van der Waals surface area contributed by atoms with Crippen LogP contribution in [0.1, 0.15) is 13.3 Å². The number of benzene rings is 1. The van der Waals surface area contributed by atoms with Gasteiger partial charge in [0.1, 0.15) is 0 Å². The smallest absolute Gasteiger partial charge is 0.244 e. The van der Waals surface area contributed by atoms with Gasteiger partial charge in [0.05, 0.1) is 9.88 Å². The first kappa shape index (κ1) is 15.6. The van der Waals surface area contributed by atoms with Crippen LogP contribution in [-0.2, 0) is 10.0 Å². The largest absolute Gasteiger partial charge is 0.393 e. The van der Waals surface area contributed by atoms with Crippen molar-refractivity contribution in [1.82, 2.24) is 4.31 Å². The zero-order valence-corrected chi connectivity index (χ0v) is 13.2. The van der Waals surface area contributed by atoms with E-state index in [0.717, 1.165) is 0 Å². The molecule has 1 rings (SSSR count). The first-order valence-electron chi connectivity index (χ1n) is 5.42. The number of nitrogens with two attached hydrogens (primary N) is 1. The van der Waals surface area contributed by atoms with Gasteiger partial charge >= 0.3 is 0 Å². The van der Waals surface area contributed by atoms with Gasteiger partial charge in [-0.15, -0.1) is 0 Å². The van der Waals surface area contributed by atoms with Crippen molar-refractivity contribution >= 4 is 43.2 Å². The SMILES string of the molecule is CCN(CCC(N)=S)S(=O)(=O)c1ccccc1Br. The third-order valence-corrected chi connectivity index (χ3v) is 5.61. The van der Waals surface area contributed by atoms with E-state index in [0.29, 0.717) is 29.0 Å². The van der Waals surface area contributed by atoms with Gasteiger partial charge in [0.2, 0.25) is 10.0 Å². The molecule has 2 N–H and O–H groups in total. The van der Waals surface area contributed by atoms with Crippen LogP contribution >= 0.6 is 28.1 Å². The third-order valence-electron chi connectivity index (χ3n) is 2.41. The third kappa shape index (κ3) is 3.74. The van der Waals surface area contributed by atoms with Crippen molar-refractivity contribution in [3.63, 3.8) is 0 Å². The highest BCUT2D eigenvalue weighted by atomic mass is 79.9. The molecule has 0 spiro atoms. The van der Waals surface area contributed by atoms with E-state index in [1.165, 1.54) is 4.31 Å². The van der Waals surface area contributed by atoms with Gasteiger partial charge in [-0.05, 0) is 28.1 Å². The summed E-state index contributed by atoms with van der Waals surface area (Å²) in [5.74, 6) is 0. The highest BCUT2D eigenvalue weighted by Gasteiger charge is 2.24. The first-order valence-corrected chi connectivity index (χ1v) is 8.06. The molecule has 0 atom stereocenters. The molecular formula is C11H15BrN2O2S2. The second-order valence-electron chi connectivity index (χ2n) is 3.64. The monoisotopic (exact) mass is 350 g/mol. The Morgan fingerprint density at radius 2 is 2.06 bits per heavy atom. The molecule has 0 aliphatic carbocycles. The van der Waals surface area contributed by atoms with Crippen molar-refractivity contribution in [3.05, 3.63) is 28.7 Å². The Kier molecular flexibility index (Phi) is 5.71. The van der Waals surface area contributed by atoms with E-state index in [9.17, 15) is 8.42 Å². The topological polar surface area (TPSA) is 63.4 Å². The molecule has 0 saturated carbocycles. The molecule has 1 aromatic carbocycles. The van der Waals surface area contributed by atoms with Crippen LogP contribution in [0.15, 0.2) is 33.6 Å². The zero-order valence-electron chi connectivity index (χ0n) is 9.97. The Bertz CT molecular complexity index is 532. The van der Waals surface area contributed by atoms with Gasteiger partial charge in [-0.3, -0.25) is 0 Å². The van der Waals surface area contributed by atoms with E-state index in [4.69, 9.17) is 18.0 Å². The normalized spacial score (nSPS) is 11.7. The number of hydrogen-bond donors (Lipinski definition) is 1. The number of halogens is 1. The first-order chi connectivity index (χ1) is 8.39. The zero-order chi connectivity index (χ0) is 13.8. The van der Waals surface area contributed by atoms with Gasteiger partial charge in [0.25, 0.3) is 0 Å². The molecule has 4 nitrogen and oxygen atoms in total. The molecule has 7 heteroatoms. The maximum Gasteiger partial charge on any atom is 0.244 e. The second kappa shape index (κ2) is 6.60. The van der Waals surface area contributed by atoms with Crippen LogP contribution in [-0.4, -0.2) is 30.8 Å². The van der Waals surface area contributed by atoms with Crippen molar-refractivity contribution in [2.75, 3.05) is 13.1 Å². The molecule has 18 heavy (non-hydrogen) atoms. The molecule has 0 aromatic heterocycles. The van der Waals surface area contributed by atoms with Gasteiger partial charge in [0, 0.05) is 24.0 Å². The average Bonchev–Trinajstić information content (AvgIpc) is 2.29. The number of hydrogen-bond acceptors (Lipinski definition) is 3. The lowest BCUT2D eigenvalue weighted by Gasteiger charge is -2.20. The minimum absolute atomic E-state index is 0.259. The summed E-state index contributed by atoms with van der Waals surface area (Å²) in [5.41, 5.74) is 5.41. The van der Waals surface area contributed by atoms with Crippen LogP contribution in [0.4, 0.5) is 0 Å². The van der Waals surface area contributed by atoms with Crippen LogP contribution in [0.3, 0.4) is 0 Å². The van der Waals surface area contributed by atoms with Crippen molar-refractivity contribution in [1.29, 1.82) is 0 Å². The highest BCUT2D eigenvalue weighted by Crippen LogP contribution is 2.24. The van der Waals surface area contributed by atoms with Gasteiger partial charge in [0.15, 0.2) is 0 Å². The summed E-state index contributed by atoms with van der Waals surface area (Å²) in [7, 11) is -3.51. The Morgan fingerprint density at radius 3 is 2.56 bits per heavy atom. The summed E-state index contributed by atoms with van der Waals surface area (Å²) in [6.45, 7) is 2.47. The summed E-state index contributed by atoms with van der Waals surface area (Å²) >= 11 is 8.03. The maximum absolute atomic E-state index is 12.4. The van der Waals surface area contributed by atoms with Crippen LogP contribution in [0, 0.1) is 0 Å². The molecule has 0 unspecified atom stereocenters. The quantitative estimate of drug-likeness (QED) is 0.798. The summed E-state index contributed by atoms with van der Waals surface area (Å²) in [6, 6.07) is 6.74. The van der Waals surface area contributed by atoms with Crippen molar-refractivity contribution in [2.45, 2.75) is 18.2 Å². The summed E-state index contributed by atoms with van der Waals surface area (Å²) < 4.78 is 26.7. The Labute approximate surface area is 121 Å². The molecule has 0 aliphatic rings. The average molecular weight is 351 g/mol. The van der Waals surface area contributed by atoms with Gasteiger partial charge in [-0.25, -0.2) is 8.42 Å². The lowest BCUT2D eigenvalue weighted by molar-refractivity contribution is 0.437. The minimum Gasteiger partial charge on any atom is -0.393 e. The van der Waals surface area contributed by atoms with Crippen LogP contribution in [0.25, 0.3) is 0 Å². The maximum atomic E-state index is 12.4. The molecule has 0 amide bonds. The Morgan fingerprint density at radius 1 is 1.44 bits per heavy atom. The fourth-order valence-electron chi connectivity index (χ4n) is 1.48. The molecule has 100 valence electrons. The standard InChI is InChI=1S/C11H15BrN2O2S2/c1-2-14(8-7-11(13)17)18(15,16)10-6-4-3-5-9(10)12/h3-6H,2,7-8H2,1H3,(H2,13,17). The van der Waals surface area contributed by atoms with E-state index in [1.807, 2.05) is 0 Å². The fraction of sp³-hybridized carbons (Fsp3) is 0.364. The predicted molar refractivity (Wildman–Crippen MR) is 80.0 cm³/mol. The Hall–Kier alpha value is -0.500. The molecule has 0 bridgehead atoms. The lowest BCUT2D eigenvalue weighted by atomic mass is 10.4. The number of nitrogens with zero attached hydrogens (tertiary/aromatic N) is 1. The van der Waals surface area contributed by atoms with Crippen LogP contribution in [0.5, 0.6) is 0 Å².